The largest absolute Gasteiger partial charge is 0.453 e. The smallest absolute Gasteiger partial charge is 0.406 e. The lowest BCUT2D eigenvalue weighted by Gasteiger charge is -2.30. The summed E-state index contributed by atoms with van der Waals surface area (Å²) in [5.41, 5.74) is 5.69. The lowest BCUT2D eigenvalue weighted by Crippen LogP contribution is -2.36. The van der Waals surface area contributed by atoms with E-state index in [4.69, 9.17) is 5.73 Å². The second kappa shape index (κ2) is 5.86. The Morgan fingerprint density at radius 2 is 2.07 bits per heavy atom. The molecule has 4 nitrogen and oxygen atoms in total. The minimum absolute atomic E-state index is 0.341. The molecule has 1 saturated carbocycles. The van der Waals surface area contributed by atoms with E-state index < -0.39 is 0 Å². The van der Waals surface area contributed by atoms with Gasteiger partial charge in [0.2, 0.25) is 0 Å². The number of hydrogen-bond donors (Lipinski definition) is 2. The molecule has 2 atom stereocenters. The summed E-state index contributed by atoms with van der Waals surface area (Å²) in [4.78, 5) is 10.9. The Morgan fingerprint density at radius 1 is 1.43 bits per heavy atom. The van der Waals surface area contributed by atoms with E-state index in [0.717, 1.165) is 6.54 Å². The highest BCUT2D eigenvalue weighted by Gasteiger charge is 2.24. The van der Waals surface area contributed by atoms with Gasteiger partial charge in [-0.15, -0.1) is 0 Å². The van der Waals surface area contributed by atoms with Crippen molar-refractivity contribution in [3.05, 3.63) is 0 Å². The van der Waals surface area contributed by atoms with Gasteiger partial charge in [0.25, 0.3) is 0 Å². The molecule has 0 bridgehead atoms. The predicted molar refractivity (Wildman–Crippen MR) is 54.9 cm³/mol. The zero-order valence-corrected chi connectivity index (χ0v) is 8.79. The van der Waals surface area contributed by atoms with E-state index in [2.05, 4.69) is 10.1 Å². The Labute approximate surface area is 85.2 Å². The third kappa shape index (κ3) is 3.18. The van der Waals surface area contributed by atoms with Gasteiger partial charge in [0.1, 0.15) is 0 Å². The highest BCUT2D eigenvalue weighted by molar-refractivity contribution is 5.66. The Kier molecular flexibility index (Phi) is 4.73. The van der Waals surface area contributed by atoms with Crippen molar-refractivity contribution in [2.75, 3.05) is 20.2 Å². The molecule has 0 aromatic heterocycles. The van der Waals surface area contributed by atoms with Crippen LogP contribution in [0.1, 0.15) is 25.7 Å². The molecule has 82 valence electrons. The average Bonchev–Trinajstić information content (AvgIpc) is 2.26. The highest BCUT2D eigenvalue weighted by atomic mass is 16.5. The molecule has 0 saturated heterocycles. The number of carbonyl (C=O) groups is 1. The molecular formula is C10H20N2O2. The maximum atomic E-state index is 10.9. The number of alkyl carbamates (subject to hydrolysis) is 1. The lowest BCUT2D eigenvalue weighted by atomic mass is 9.79. The molecule has 1 fully saturated rings. The van der Waals surface area contributed by atoms with Crippen LogP contribution in [0.4, 0.5) is 4.79 Å². The number of methoxy groups -OCH3 is 1. The van der Waals surface area contributed by atoms with Crippen LogP contribution >= 0.6 is 0 Å². The van der Waals surface area contributed by atoms with E-state index in [1.807, 2.05) is 0 Å². The fraction of sp³-hybridized carbons (Fsp3) is 0.900. The standard InChI is InChI=1S/C10H20N2O2/c1-14-10(13)12-7-9-5-3-2-4-8(9)6-11/h8-9H,2-7,11H2,1H3,(H,12,13). The molecule has 0 radical (unpaired) electrons. The molecule has 1 aliphatic carbocycles. The molecule has 4 heteroatoms. The molecule has 0 aromatic rings. The maximum Gasteiger partial charge on any atom is 0.406 e. The molecular weight excluding hydrogens is 180 g/mol. The van der Waals surface area contributed by atoms with Gasteiger partial charge in [-0.3, -0.25) is 0 Å². The van der Waals surface area contributed by atoms with E-state index in [0.29, 0.717) is 18.4 Å². The van der Waals surface area contributed by atoms with Crippen LogP contribution < -0.4 is 11.1 Å². The Morgan fingerprint density at radius 3 is 2.64 bits per heavy atom. The summed E-state index contributed by atoms with van der Waals surface area (Å²) in [6.45, 7) is 1.43. The monoisotopic (exact) mass is 200 g/mol. The Bertz CT molecular complexity index is 185. The molecule has 2 unspecified atom stereocenters. The first kappa shape index (κ1) is 11.3. The molecule has 14 heavy (non-hydrogen) atoms. The minimum atomic E-state index is -0.341. The van der Waals surface area contributed by atoms with E-state index in [1.54, 1.807) is 0 Å². The van der Waals surface area contributed by atoms with Crippen LogP contribution in [0.2, 0.25) is 0 Å². The van der Waals surface area contributed by atoms with Crippen LogP contribution in [0.15, 0.2) is 0 Å². The Hall–Kier alpha value is -0.770. The second-order valence-electron chi connectivity index (χ2n) is 3.91. The second-order valence-corrected chi connectivity index (χ2v) is 3.91. The van der Waals surface area contributed by atoms with Gasteiger partial charge in [-0.2, -0.15) is 0 Å². The Balaban J connectivity index is 2.29. The zero-order valence-electron chi connectivity index (χ0n) is 8.79. The summed E-state index contributed by atoms with van der Waals surface area (Å²) in [6, 6.07) is 0. The van der Waals surface area contributed by atoms with Crippen molar-refractivity contribution in [1.82, 2.24) is 5.32 Å². The quantitative estimate of drug-likeness (QED) is 0.717. The van der Waals surface area contributed by atoms with Crippen molar-refractivity contribution in [2.45, 2.75) is 25.7 Å². The van der Waals surface area contributed by atoms with Gasteiger partial charge in [-0.25, -0.2) is 4.79 Å². The van der Waals surface area contributed by atoms with Crippen molar-refractivity contribution < 1.29 is 9.53 Å². The fourth-order valence-electron chi connectivity index (χ4n) is 2.15. The van der Waals surface area contributed by atoms with E-state index in [-0.39, 0.29) is 6.09 Å². The fourth-order valence-corrected chi connectivity index (χ4v) is 2.15. The molecule has 0 spiro atoms. The third-order valence-corrected chi connectivity index (χ3v) is 3.06. The summed E-state index contributed by atoms with van der Waals surface area (Å²) in [5.74, 6) is 1.11. The molecule has 0 heterocycles. The van der Waals surface area contributed by atoms with Crippen molar-refractivity contribution in [2.24, 2.45) is 17.6 Å². The number of amides is 1. The van der Waals surface area contributed by atoms with Crippen LogP contribution in [0.5, 0.6) is 0 Å². The zero-order chi connectivity index (χ0) is 10.4. The minimum Gasteiger partial charge on any atom is -0.453 e. The molecule has 1 amide bonds. The number of carbonyl (C=O) groups excluding carboxylic acids is 1. The van der Waals surface area contributed by atoms with Crippen LogP contribution in [-0.2, 0) is 4.74 Å². The van der Waals surface area contributed by atoms with Gasteiger partial charge in [0, 0.05) is 6.54 Å². The van der Waals surface area contributed by atoms with Gasteiger partial charge >= 0.3 is 6.09 Å². The summed E-state index contributed by atoms with van der Waals surface area (Å²) in [6.07, 6.45) is 4.56. The van der Waals surface area contributed by atoms with Gasteiger partial charge in [-0.05, 0) is 31.2 Å². The normalized spacial score (nSPS) is 27.0. The lowest BCUT2D eigenvalue weighted by molar-refractivity contribution is 0.162. The van der Waals surface area contributed by atoms with Gasteiger partial charge in [-0.1, -0.05) is 12.8 Å². The SMILES string of the molecule is COC(=O)NCC1CCCCC1CN. The number of nitrogens with one attached hydrogen (secondary N) is 1. The molecule has 3 N–H and O–H groups in total. The van der Waals surface area contributed by atoms with Gasteiger partial charge in [0.15, 0.2) is 0 Å². The molecule has 1 rings (SSSR count). The number of hydrogen-bond acceptors (Lipinski definition) is 3. The van der Waals surface area contributed by atoms with E-state index in [1.165, 1.54) is 32.8 Å². The van der Waals surface area contributed by atoms with Gasteiger partial charge < -0.3 is 15.8 Å². The topological polar surface area (TPSA) is 64.3 Å². The molecule has 1 aliphatic rings. The van der Waals surface area contributed by atoms with Crippen molar-refractivity contribution in [3.63, 3.8) is 0 Å². The third-order valence-electron chi connectivity index (χ3n) is 3.06. The molecule has 0 aromatic carbocycles. The van der Waals surface area contributed by atoms with Crippen molar-refractivity contribution >= 4 is 6.09 Å². The van der Waals surface area contributed by atoms with Crippen LogP contribution in [0, 0.1) is 11.8 Å². The first-order chi connectivity index (χ1) is 6.77. The first-order valence-corrected chi connectivity index (χ1v) is 5.29. The number of ether oxygens (including phenoxy) is 1. The summed E-state index contributed by atoms with van der Waals surface area (Å²) >= 11 is 0. The number of nitrogens with two attached hydrogens (primary N) is 1. The van der Waals surface area contributed by atoms with Crippen molar-refractivity contribution in [3.8, 4) is 0 Å². The van der Waals surface area contributed by atoms with Crippen LogP contribution in [-0.4, -0.2) is 26.3 Å². The van der Waals surface area contributed by atoms with Crippen LogP contribution in [0.3, 0.4) is 0 Å². The summed E-state index contributed by atoms with van der Waals surface area (Å²) in [5, 5.41) is 2.75. The first-order valence-electron chi connectivity index (χ1n) is 5.29. The number of rotatable bonds is 3. The van der Waals surface area contributed by atoms with Gasteiger partial charge in [0.05, 0.1) is 7.11 Å². The average molecular weight is 200 g/mol. The summed E-state index contributed by atoms with van der Waals surface area (Å²) < 4.78 is 4.53. The van der Waals surface area contributed by atoms with Crippen LogP contribution in [0.25, 0.3) is 0 Å². The maximum absolute atomic E-state index is 10.9. The summed E-state index contributed by atoms with van der Waals surface area (Å²) in [7, 11) is 1.39. The molecule has 0 aliphatic heterocycles. The predicted octanol–water partition coefficient (Wildman–Crippen LogP) is 1.11. The van der Waals surface area contributed by atoms with Crippen molar-refractivity contribution in [1.29, 1.82) is 0 Å². The van der Waals surface area contributed by atoms with E-state index >= 15 is 0 Å². The highest BCUT2D eigenvalue weighted by Crippen LogP contribution is 2.28. The van der Waals surface area contributed by atoms with E-state index in [9.17, 15) is 4.79 Å².